The van der Waals surface area contributed by atoms with Crippen molar-refractivity contribution in [1.29, 1.82) is 0 Å². The number of hydrogen-bond donors (Lipinski definition) is 1. The fourth-order valence-electron chi connectivity index (χ4n) is 1.54. The standard InChI is InChI=1S/C12H14N2O/c15-12(14-10-4-9-13-14)8-7-11-5-2-1-3-6-11/h1-3,5-8,13H,4,9-10H2/b8-7+. The predicted molar refractivity (Wildman–Crippen MR) is 59.8 cm³/mol. The summed E-state index contributed by atoms with van der Waals surface area (Å²) >= 11 is 0. The first-order valence-corrected chi connectivity index (χ1v) is 5.14. The van der Waals surface area contributed by atoms with Gasteiger partial charge in [-0.1, -0.05) is 30.3 Å². The van der Waals surface area contributed by atoms with Gasteiger partial charge in [0.2, 0.25) is 0 Å². The number of rotatable bonds is 2. The normalized spacial score (nSPS) is 16.1. The summed E-state index contributed by atoms with van der Waals surface area (Å²) in [5.74, 6) is 0.0244. The Labute approximate surface area is 89.4 Å². The fourth-order valence-corrected chi connectivity index (χ4v) is 1.54. The van der Waals surface area contributed by atoms with E-state index in [0.29, 0.717) is 0 Å². The monoisotopic (exact) mass is 202 g/mol. The molecule has 1 aromatic carbocycles. The van der Waals surface area contributed by atoms with Crippen LogP contribution in [0.5, 0.6) is 0 Å². The molecule has 15 heavy (non-hydrogen) atoms. The van der Waals surface area contributed by atoms with Crippen molar-refractivity contribution in [3.63, 3.8) is 0 Å². The average Bonchev–Trinajstić information content (AvgIpc) is 2.81. The smallest absolute Gasteiger partial charge is 0.260 e. The second-order valence-electron chi connectivity index (χ2n) is 3.50. The van der Waals surface area contributed by atoms with E-state index >= 15 is 0 Å². The molecule has 0 saturated carbocycles. The number of amides is 1. The van der Waals surface area contributed by atoms with Gasteiger partial charge in [-0.15, -0.1) is 0 Å². The van der Waals surface area contributed by atoms with Crippen LogP contribution in [0.15, 0.2) is 36.4 Å². The van der Waals surface area contributed by atoms with Crippen molar-refractivity contribution in [2.24, 2.45) is 0 Å². The number of hydrazine groups is 1. The minimum Gasteiger partial charge on any atom is -0.274 e. The van der Waals surface area contributed by atoms with E-state index in [-0.39, 0.29) is 5.91 Å². The van der Waals surface area contributed by atoms with E-state index in [2.05, 4.69) is 5.43 Å². The molecule has 0 atom stereocenters. The summed E-state index contributed by atoms with van der Waals surface area (Å²) in [5, 5.41) is 1.65. The Morgan fingerprint density at radius 3 is 2.80 bits per heavy atom. The van der Waals surface area contributed by atoms with Crippen LogP contribution in [0, 0.1) is 0 Å². The minimum atomic E-state index is 0.0244. The molecule has 3 nitrogen and oxygen atoms in total. The number of nitrogens with zero attached hydrogens (tertiary/aromatic N) is 1. The molecule has 1 fully saturated rings. The number of carbonyl (C=O) groups is 1. The molecular formula is C12H14N2O. The van der Waals surface area contributed by atoms with E-state index in [1.54, 1.807) is 11.1 Å². The summed E-state index contributed by atoms with van der Waals surface area (Å²) in [4.78, 5) is 11.6. The molecule has 1 saturated heterocycles. The van der Waals surface area contributed by atoms with Gasteiger partial charge in [-0.3, -0.25) is 9.80 Å². The summed E-state index contributed by atoms with van der Waals surface area (Å²) in [6.07, 6.45) is 4.47. The Kier molecular flexibility index (Phi) is 3.15. The van der Waals surface area contributed by atoms with Gasteiger partial charge in [0.05, 0.1) is 0 Å². The van der Waals surface area contributed by atoms with Gasteiger partial charge in [0.1, 0.15) is 0 Å². The molecule has 2 rings (SSSR count). The molecule has 78 valence electrons. The molecule has 0 bridgehead atoms. The van der Waals surface area contributed by atoms with Gasteiger partial charge in [0.25, 0.3) is 5.91 Å². The lowest BCUT2D eigenvalue weighted by Crippen LogP contribution is -2.35. The van der Waals surface area contributed by atoms with Crippen LogP contribution in [-0.4, -0.2) is 24.0 Å². The Hall–Kier alpha value is -1.61. The Bertz CT molecular complexity index is 353. The summed E-state index contributed by atoms with van der Waals surface area (Å²) in [6, 6.07) is 9.82. The molecule has 0 unspecified atom stereocenters. The second kappa shape index (κ2) is 4.75. The maximum absolute atomic E-state index is 11.6. The first-order valence-electron chi connectivity index (χ1n) is 5.14. The Morgan fingerprint density at radius 2 is 2.13 bits per heavy atom. The van der Waals surface area contributed by atoms with Gasteiger partial charge in [-0.05, 0) is 18.1 Å². The fraction of sp³-hybridized carbons (Fsp3) is 0.250. The lowest BCUT2D eigenvalue weighted by molar-refractivity contribution is -0.127. The topological polar surface area (TPSA) is 32.3 Å². The maximum atomic E-state index is 11.6. The number of hydrogen-bond acceptors (Lipinski definition) is 2. The summed E-state index contributed by atoms with van der Waals surface area (Å²) in [5.41, 5.74) is 4.07. The summed E-state index contributed by atoms with van der Waals surface area (Å²) in [6.45, 7) is 1.70. The van der Waals surface area contributed by atoms with E-state index in [1.807, 2.05) is 36.4 Å². The van der Waals surface area contributed by atoms with E-state index in [1.165, 1.54) is 0 Å². The molecule has 1 aliphatic rings. The van der Waals surface area contributed by atoms with Crippen molar-refractivity contribution in [2.45, 2.75) is 6.42 Å². The van der Waals surface area contributed by atoms with Crippen LogP contribution in [0.4, 0.5) is 0 Å². The van der Waals surface area contributed by atoms with Crippen LogP contribution in [0.2, 0.25) is 0 Å². The van der Waals surface area contributed by atoms with Crippen LogP contribution in [0.3, 0.4) is 0 Å². The highest BCUT2D eigenvalue weighted by molar-refractivity contribution is 5.91. The zero-order valence-electron chi connectivity index (χ0n) is 8.52. The van der Waals surface area contributed by atoms with Crippen LogP contribution < -0.4 is 5.43 Å². The van der Waals surface area contributed by atoms with Crippen molar-refractivity contribution < 1.29 is 4.79 Å². The zero-order valence-corrected chi connectivity index (χ0v) is 8.52. The number of carbonyl (C=O) groups excluding carboxylic acids is 1. The molecule has 3 heteroatoms. The third-order valence-corrected chi connectivity index (χ3v) is 2.35. The first-order chi connectivity index (χ1) is 7.36. The molecule has 0 aliphatic carbocycles. The Balaban J connectivity index is 1.96. The molecule has 0 spiro atoms. The van der Waals surface area contributed by atoms with Crippen molar-refractivity contribution in [1.82, 2.24) is 10.4 Å². The van der Waals surface area contributed by atoms with Gasteiger partial charge < -0.3 is 0 Å². The van der Waals surface area contributed by atoms with Crippen LogP contribution >= 0.6 is 0 Å². The molecule has 1 heterocycles. The number of nitrogens with one attached hydrogen (secondary N) is 1. The quantitative estimate of drug-likeness (QED) is 0.736. The van der Waals surface area contributed by atoms with Crippen molar-refractivity contribution in [2.75, 3.05) is 13.1 Å². The minimum absolute atomic E-state index is 0.0244. The van der Waals surface area contributed by atoms with Gasteiger partial charge in [0, 0.05) is 19.2 Å². The van der Waals surface area contributed by atoms with Gasteiger partial charge in [0.15, 0.2) is 0 Å². The van der Waals surface area contributed by atoms with Gasteiger partial charge in [-0.25, -0.2) is 5.43 Å². The molecule has 0 radical (unpaired) electrons. The first kappa shape index (κ1) is 9.93. The lowest BCUT2D eigenvalue weighted by Gasteiger charge is -2.12. The van der Waals surface area contributed by atoms with Gasteiger partial charge in [-0.2, -0.15) is 0 Å². The highest BCUT2D eigenvalue weighted by Gasteiger charge is 2.14. The Morgan fingerprint density at radius 1 is 1.33 bits per heavy atom. The van der Waals surface area contributed by atoms with E-state index < -0.39 is 0 Å². The highest BCUT2D eigenvalue weighted by atomic mass is 16.2. The van der Waals surface area contributed by atoms with Crippen molar-refractivity contribution >= 4 is 12.0 Å². The molecule has 0 aromatic heterocycles. The molecule has 1 amide bonds. The van der Waals surface area contributed by atoms with Crippen LogP contribution in [0.1, 0.15) is 12.0 Å². The molecule has 1 aromatic rings. The van der Waals surface area contributed by atoms with Gasteiger partial charge >= 0.3 is 0 Å². The zero-order chi connectivity index (χ0) is 10.5. The summed E-state index contributed by atoms with van der Waals surface area (Å²) < 4.78 is 0. The van der Waals surface area contributed by atoms with E-state index in [0.717, 1.165) is 25.1 Å². The SMILES string of the molecule is O=C(/C=C/c1ccccc1)N1CCCN1. The predicted octanol–water partition coefficient (Wildman–Crippen LogP) is 1.44. The van der Waals surface area contributed by atoms with Crippen LogP contribution in [-0.2, 0) is 4.79 Å². The molecular weight excluding hydrogens is 188 g/mol. The van der Waals surface area contributed by atoms with Crippen LogP contribution in [0.25, 0.3) is 6.08 Å². The van der Waals surface area contributed by atoms with Crippen molar-refractivity contribution in [3.8, 4) is 0 Å². The lowest BCUT2D eigenvalue weighted by atomic mass is 10.2. The second-order valence-corrected chi connectivity index (χ2v) is 3.50. The largest absolute Gasteiger partial charge is 0.274 e. The number of benzene rings is 1. The highest BCUT2D eigenvalue weighted by Crippen LogP contribution is 2.03. The van der Waals surface area contributed by atoms with E-state index in [4.69, 9.17) is 0 Å². The third kappa shape index (κ3) is 2.67. The molecule has 1 N–H and O–H groups in total. The third-order valence-electron chi connectivity index (χ3n) is 2.35. The average molecular weight is 202 g/mol. The van der Waals surface area contributed by atoms with E-state index in [9.17, 15) is 4.79 Å². The summed E-state index contributed by atoms with van der Waals surface area (Å²) in [7, 11) is 0. The molecule has 1 aliphatic heterocycles. The maximum Gasteiger partial charge on any atom is 0.260 e. The van der Waals surface area contributed by atoms with Crippen molar-refractivity contribution in [3.05, 3.63) is 42.0 Å².